The number of hydrogen-bond donors (Lipinski definition) is 2. The number of halogens is 1. The van der Waals surface area contributed by atoms with Crippen LogP contribution in [-0.2, 0) is 0 Å². The molecule has 0 aliphatic heterocycles. The highest BCUT2D eigenvalue weighted by molar-refractivity contribution is 9.10. The molecule has 1 amide bonds. The van der Waals surface area contributed by atoms with Gasteiger partial charge in [0, 0.05) is 18.2 Å². The Hall–Kier alpha value is -1.54. The SMILES string of the molecule is NC1CC(NC(=O)c2cc([N+](=O)[O-])ncc2Br)C1. The number of pyridine rings is 1. The fourth-order valence-corrected chi connectivity index (χ4v) is 2.14. The van der Waals surface area contributed by atoms with Crippen molar-refractivity contribution in [3.63, 3.8) is 0 Å². The van der Waals surface area contributed by atoms with Gasteiger partial charge in [-0.05, 0) is 38.7 Å². The second-order valence-corrected chi connectivity index (χ2v) is 5.04. The molecule has 1 aromatic rings. The van der Waals surface area contributed by atoms with Crippen molar-refractivity contribution in [1.29, 1.82) is 0 Å². The fraction of sp³-hybridized carbons (Fsp3) is 0.400. The van der Waals surface area contributed by atoms with E-state index in [4.69, 9.17) is 5.73 Å². The Morgan fingerprint density at radius 1 is 1.61 bits per heavy atom. The molecular formula is C10H11BrN4O3. The van der Waals surface area contributed by atoms with Crippen LogP contribution in [0.1, 0.15) is 23.2 Å². The highest BCUT2D eigenvalue weighted by atomic mass is 79.9. The number of carbonyl (C=O) groups is 1. The van der Waals surface area contributed by atoms with Gasteiger partial charge in [-0.2, -0.15) is 0 Å². The molecule has 0 spiro atoms. The van der Waals surface area contributed by atoms with Gasteiger partial charge in [0.15, 0.2) is 6.20 Å². The van der Waals surface area contributed by atoms with Gasteiger partial charge in [-0.1, -0.05) is 0 Å². The second-order valence-electron chi connectivity index (χ2n) is 4.18. The second kappa shape index (κ2) is 4.99. The summed E-state index contributed by atoms with van der Waals surface area (Å²) in [5.41, 5.74) is 5.82. The minimum atomic E-state index is -0.636. The molecule has 1 aromatic heterocycles. The number of amides is 1. The number of nitrogens with two attached hydrogens (primary N) is 1. The first kappa shape index (κ1) is 12.9. The van der Waals surface area contributed by atoms with Crippen molar-refractivity contribution >= 4 is 27.7 Å². The summed E-state index contributed by atoms with van der Waals surface area (Å²) in [5.74, 6) is -0.710. The zero-order chi connectivity index (χ0) is 13.3. The molecule has 0 aromatic carbocycles. The van der Waals surface area contributed by atoms with Crippen molar-refractivity contribution in [2.75, 3.05) is 0 Å². The lowest BCUT2D eigenvalue weighted by molar-refractivity contribution is -0.389. The summed E-state index contributed by atoms with van der Waals surface area (Å²) in [6.07, 6.45) is 2.71. The lowest BCUT2D eigenvalue weighted by Gasteiger charge is -2.32. The molecule has 2 rings (SSSR count). The van der Waals surface area contributed by atoms with E-state index < -0.39 is 4.92 Å². The molecule has 0 bridgehead atoms. The third kappa shape index (κ3) is 2.65. The minimum Gasteiger partial charge on any atom is -0.358 e. The molecule has 8 heteroatoms. The van der Waals surface area contributed by atoms with Gasteiger partial charge in [0.25, 0.3) is 5.91 Å². The predicted molar refractivity (Wildman–Crippen MR) is 67.1 cm³/mol. The largest absolute Gasteiger partial charge is 0.364 e. The number of nitro groups is 1. The zero-order valence-electron chi connectivity index (χ0n) is 9.30. The lowest BCUT2D eigenvalue weighted by atomic mass is 9.87. The van der Waals surface area contributed by atoms with Gasteiger partial charge in [-0.25, -0.2) is 0 Å². The standard InChI is InChI=1S/C10H11BrN4O3/c11-8-4-13-9(15(17)18)3-7(8)10(16)14-6-1-5(12)2-6/h3-6H,1-2,12H2,(H,14,16). The molecule has 18 heavy (non-hydrogen) atoms. The molecule has 1 aliphatic carbocycles. The van der Waals surface area contributed by atoms with E-state index in [1.807, 2.05) is 0 Å². The van der Waals surface area contributed by atoms with Crippen LogP contribution in [0.15, 0.2) is 16.7 Å². The molecule has 96 valence electrons. The molecular weight excluding hydrogens is 304 g/mol. The van der Waals surface area contributed by atoms with Crippen LogP contribution in [0.4, 0.5) is 5.82 Å². The van der Waals surface area contributed by atoms with Gasteiger partial charge in [0.2, 0.25) is 0 Å². The smallest absolute Gasteiger partial charge is 0.358 e. The van der Waals surface area contributed by atoms with Crippen LogP contribution in [0, 0.1) is 10.1 Å². The van der Waals surface area contributed by atoms with E-state index in [9.17, 15) is 14.9 Å². The number of nitrogens with zero attached hydrogens (tertiary/aromatic N) is 2. The molecule has 0 radical (unpaired) electrons. The molecule has 0 unspecified atom stereocenters. The first-order valence-corrected chi connectivity index (χ1v) is 6.13. The van der Waals surface area contributed by atoms with E-state index in [1.54, 1.807) is 0 Å². The van der Waals surface area contributed by atoms with E-state index >= 15 is 0 Å². The Morgan fingerprint density at radius 2 is 2.28 bits per heavy atom. The Labute approximate surface area is 111 Å². The third-order valence-corrected chi connectivity index (χ3v) is 3.41. The maximum Gasteiger partial charge on any atom is 0.364 e. The maximum atomic E-state index is 11.9. The highest BCUT2D eigenvalue weighted by Gasteiger charge is 2.28. The average Bonchev–Trinajstić information content (AvgIpc) is 2.27. The summed E-state index contributed by atoms with van der Waals surface area (Å²) in [4.78, 5) is 25.5. The van der Waals surface area contributed by atoms with Crippen molar-refractivity contribution in [3.05, 3.63) is 32.4 Å². The summed E-state index contributed by atoms with van der Waals surface area (Å²) >= 11 is 3.15. The summed E-state index contributed by atoms with van der Waals surface area (Å²) in [6.45, 7) is 0. The monoisotopic (exact) mass is 314 g/mol. The first-order chi connectivity index (χ1) is 8.47. The first-order valence-electron chi connectivity index (χ1n) is 5.33. The van der Waals surface area contributed by atoms with E-state index in [2.05, 4.69) is 26.2 Å². The van der Waals surface area contributed by atoms with Crippen LogP contribution in [0.3, 0.4) is 0 Å². The Bertz CT molecular complexity index is 502. The van der Waals surface area contributed by atoms with E-state index in [-0.39, 0.29) is 29.4 Å². The summed E-state index contributed by atoms with van der Waals surface area (Å²) in [5, 5.41) is 13.4. The Balaban J connectivity index is 2.13. The minimum absolute atomic E-state index is 0.0478. The number of rotatable bonds is 3. The maximum absolute atomic E-state index is 11.9. The number of aromatic nitrogens is 1. The quantitative estimate of drug-likeness (QED) is 0.638. The van der Waals surface area contributed by atoms with Crippen molar-refractivity contribution in [2.45, 2.75) is 24.9 Å². The highest BCUT2D eigenvalue weighted by Crippen LogP contribution is 2.22. The van der Waals surface area contributed by atoms with Gasteiger partial charge < -0.3 is 21.2 Å². The van der Waals surface area contributed by atoms with Gasteiger partial charge >= 0.3 is 5.82 Å². The van der Waals surface area contributed by atoms with Crippen LogP contribution in [0.2, 0.25) is 0 Å². The van der Waals surface area contributed by atoms with Crippen molar-refractivity contribution in [3.8, 4) is 0 Å². The molecule has 0 saturated heterocycles. The predicted octanol–water partition coefficient (Wildman–Crippen LogP) is 0.972. The van der Waals surface area contributed by atoms with Crippen LogP contribution < -0.4 is 11.1 Å². The number of nitrogens with one attached hydrogen (secondary N) is 1. The van der Waals surface area contributed by atoms with E-state index in [1.165, 1.54) is 6.20 Å². The van der Waals surface area contributed by atoms with Crippen molar-refractivity contribution in [2.24, 2.45) is 5.73 Å². The van der Waals surface area contributed by atoms with Gasteiger partial charge in [0.1, 0.15) is 0 Å². The summed E-state index contributed by atoms with van der Waals surface area (Å²) in [6, 6.07) is 1.33. The van der Waals surface area contributed by atoms with Gasteiger partial charge in [0.05, 0.1) is 10.0 Å². The Kier molecular flexibility index (Phi) is 3.58. The zero-order valence-corrected chi connectivity index (χ0v) is 10.9. The molecule has 1 aliphatic rings. The van der Waals surface area contributed by atoms with Crippen LogP contribution in [0.5, 0.6) is 0 Å². The van der Waals surface area contributed by atoms with Crippen LogP contribution >= 0.6 is 15.9 Å². The van der Waals surface area contributed by atoms with E-state index in [0.29, 0.717) is 4.47 Å². The Morgan fingerprint density at radius 3 is 2.83 bits per heavy atom. The molecule has 3 N–H and O–H groups in total. The lowest BCUT2D eigenvalue weighted by Crippen LogP contribution is -2.50. The molecule has 1 saturated carbocycles. The summed E-state index contributed by atoms with van der Waals surface area (Å²) < 4.78 is 0.425. The van der Waals surface area contributed by atoms with E-state index in [0.717, 1.165) is 18.9 Å². The molecule has 0 atom stereocenters. The third-order valence-electron chi connectivity index (χ3n) is 2.78. The topological polar surface area (TPSA) is 111 Å². The fourth-order valence-electron chi connectivity index (χ4n) is 1.74. The number of hydrogen-bond acceptors (Lipinski definition) is 5. The molecule has 7 nitrogen and oxygen atoms in total. The molecule has 1 heterocycles. The normalized spacial score (nSPS) is 22.1. The molecule has 1 fully saturated rings. The van der Waals surface area contributed by atoms with Crippen molar-refractivity contribution < 1.29 is 9.72 Å². The van der Waals surface area contributed by atoms with Crippen molar-refractivity contribution in [1.82, 2.24) is 10.3 Å². The number of carbonyl (C=O) groups excluding carboxylic acids is 1. The van der Waals surface area contributed by atoms with Gasteiger partial charge in [-0.3, -0.25) is 4.79 Å². The summed E-state index contributed by atoms with van der Waals surface area (Å²) in [7, 11) is 0. The van der Waals surface area contributed by atoms with Gasteiger partial charge in [-0.15, -0.1) is 0 Å². The average molecular weight is 315 g/mol. The van der Waals surface area contributed by atoms with Crippen LogP contribution in [-0.4, -0.2) is 27.9 Å². The van der Waals surface area contributed by atoms with Crippen LogP contribution in [0.25, 0.3) is 0 Å².